The minimum Gasteiger partial charge on any atom is -0.405 e. The van der Waals surface area contributed by atoms with Crippen LogP contribution in [0.5, 0.6) is 0 Å². The monoisotopic (exact) mass is 319 g/mol. The van der Waals surface area contributed by atoms with Crippen LogP contribution in [0.15, 0.2) is 24.3 Å². The van der Waals surface area contributed by atoms with Gasteiger partial charge in [0.05, 0.1) is 0 Å². The molecule has 0 spiro atoms. The molecule has 1 aromatic carbocycles. The van der Waals surface area contributed by atoms with Crippen LogP contribution in [-0.4, -0.2) is 31.8 Å². The second kappa shape index (κ2) is 6.17. The molecule has 1 aromatic rings. The summed E-state index contributed by atoms with van der Waals surface area (Å²) in [5.74, 6) is 0.158. The summed E-state index contributed by atoms with van der Waals surface area (Å²) in [6, 6.07) is 8.40. The van der Waals surface area contributed by atoms with Crippen LogP contribution in [-0.2, 0) is 15.8 Å². The maximum Gasteiger partial charge on any atom is 0.250 e. The van der Waals surface area contributed by atoms with Crippen molar-refractivity contribution in [2.45, 2.75) is 64.9 Å². The van der Waals surface area contributed by atoms with Gasteiger partial charge in [-0.3, -0.25) is 4.79 Å². The molecule has 1 saturated heterocycles. The molecule has 0 N–H and O–H groups in total. The van der Waals surface area contributed by atoms with E-state index in [1.807, 2.05) is 4.90 Å². The lowest BCUT2D eigenvalue weighted by Gasteiger charge is -2.37. The smallest absolute Gasteiger partial charge is 0.250 e. The number of aryl methyl sites for hydroxylation is 1. The Morgan fingerprint density at radius 3 is 2.36 bits per heavy atom. The largest absolute Gasteiger partial charge is 0.405 e. The van der Waals surface area contributed by atoms with Gasteiger partial charge in [-0.25, -0.2) is 0 Å². The van der Waals surface area contributed by atoms with Gasteiger partial charge in [-0.15, -0.1) is 0 Å². The molecule has 0 aromatic heterocycles. The highest BCUT2D eigenvalue weighted by atomic mass is 28.4. The molecule has 1 atom stereocenters. The van der Waals surface area contributed by atoms with Crippen molar-refractivity contribution in [3.63, 3.8) is 0 Å². The van der Waals surface area contributed by atoms with Gasteiger partial charge >= 0.3 is 0 Å². The minimum absolute atomic E-state index is 0.137. The van der Waals surface area contributed by atoms with E-state index in [4.69, 9.17) is 4.43 Å². The molecule has 1 aliphatic heterocycles. The van der Waals surface area contributed by atoms with Gasteiger partial charge in [-0.2, -0.15) is 0 Å². The summed E-state index contributed by atoms with van der Waals surface area (Å²) >= 11 is 0. The first-order valence-corrected chi connectivity index (χ1v) is 11.0. The van der Waals surface area contributed by atoms with Gasteiger partial charge in [-0.1, -0.05) is 50.6 Å². The molecular weight excluding hydrogens is 290 g/mol. The van der Waals surface area contributed by atoms with Crippen LogP contribution in [0.2, 0.25) is 18.1 Å². The third-order valence-electron chi connectivity index (χ3n) is 4.99. The first-order chi connectivity index (χ1) is 10.1. The van der Waals surface area contributed by atoms with E-state index in [9.17, 15) is 4.79 Å². The summed E-state index contributed by atoms with van der Waals surface area (Å²) in [6.45, 7) is 14.6. The highest BCUT2D eigenvalue weighted by Gasteiger charge is 2.43. The molecule has 1 heterocycles. The lowest BCUT2D eigenvalue weighted by molar-refractivity contribution is -0.134. The van der Waals surface area contributed by atoms with Gasteiger partial charge < -0.3 is 9.33 Å². The van der Waals surface area contributed by atoms with Crippen LogP contribution in [0, 0.1) is 6.92 Å². The van der Waals surface area contributed by atoms with Gasteiger partial charge in [0.15, 0.2) is 8.32 Å². The summed E-state index contributed by atoms with van der Waals surface area (Å²) in [4.78, 5) is 14.5. The molecule has 3 nitrogen and oxygen atoms in total. The molecule has 0 radical (unpaired) electrons. The van der Waals surface area contributed by atoms with Crippen molar-refractivity contribution in [2.75, 3.05) is 6.54 Å². The van der Waals surface area contributed by atoms with Crippen LogP contribution >= 0.6 is 0 Å². The van der Waals surface area contributed by atoms with Crippen molar-refractivity contribution in [1.82, 2.24) is 4.90 Å². The van der Waals surface area contributed by atoms with E-state index >= 15 is 0 Å². The van der Waals surface area contributed by atoms with Crippen LogP contribution in [0.1, 0.15) is 38.3 Å². The molecule has 1 aliphatic rings. The average molecular weight is 320 g/mol. The number of carbonyl (C=O) groups is 1. The van der Waals surface area contributed by atoms with Crippen molar-refractivity contribution in [1.29, 1.82) is 0 Å². The van der Waals surface area contributed by atoms with Crippen molar-refractivity contribution in [2.24, 2.45) is 0 Å². The van der Waals surface area contributed by atoms with Gasteiger partial charge in [0.25, 0.3) is 5.91 Å². The normalized spacial score (nSPS) is 19.8. The van der Waals surface area contributed by atoms with E-state index in [1.54, 1.807) is 0 Å². The van der Waals surface area contributed by atoms with Gasteiger partial charge in [0, 0.05) is 13.1 Å². The first-order valence-electron chi connectivity index (χ1n) is 8.12. The Morgan fingerprint density at radius 1 is 1.23 bits per heavy atom. The van der Waals surface area contributed by atoms with E-state index in [0.717, 1.165) is 13.0 Å². The van der Waals surface area contributed by atoms with Gasteiger partial charge in [0.2, 0.25) is 0 Å². The number of benzene rings is 1. The third-order valence-corrected chi connectivity index (χ3v) is 9.47. The number of rotatable bonds is 4. The molecular formula is C18H29NO2Si. The third kappa shape index (κ3) is 3.79. The number of hydrogen-bond donors (Lipinski definition) is 0. The molecule has 122 valence electrons. The predicted octanol–water partition coefficient (Wildman–Crippen LogP) is 4.12. The molecule has 1 fully saturated rings. The van der Waals surface area contributed by atoms with Crippen LogP contribution < -0.4 is 0 Å². The zero-order valence-corrected chi connectivity index (χ0v) is 15.8. The predicted molar refractivity (Wildman–Crippen MR) is 93.3 cm³/mol. The number of nitrogens with zero attached hydrogens (tertiary/aromatic N) is 1. The number of hydrogen-bond acceptors (Lipinski definition) is 2. The van der Waals surface area contributed by atoms with Crippen LogP contribution in [0.25, 0.3) is 0 Å². The van der Waals surface area contributed by atoms with Gasteiger partial charge in [0.1, 0.15) is 6.10 Å². The van der Waals surface area contributed by atoms with E-state index in [-0.39, 0.29) is 17.0 Å². The molecule has 2 rings (SSSR count). The second-order valence-corrected chi connectivity index (χ2v) is 12.7. The van der Waals surface area contributed by atoms with Crippen LogP contribution in [0.3, 0.4) is 0 Å². The quantitative estimate of drug-likeness (QED) is 0.781. The standard InChI is InChI=1S/C18H29NO2Si/c1-14-7-9-15(10-8-14)13-19-12-11-16(17(19)20)21-22(5,6)18(2,3)4/h7-10,16H,11-13H2,1-6H3/t16-/m1/s1. The molecule has 0 saturated carbocycles. The first kappa shape index (κ1) is 17.2. The minimum atomic E-state index is -1.89. The Kier molecular flexibility index (Phi) is 4.83. The fourth-order valence-corrected chi connectivity index (χ4v) is 3.71. The SMILES string of the molecule is Cc1ccc(CN2CC[C@@H](O[Si](C)(C)C(C)(C)C)C2=O)cc1. The average Bonchev–Trinajstić information content (AvgIpc) is 2.72. The molecule has 4 heteroatoms. The fourth-order valence-electron chi connectivity index (χ4n) is 2.42. The summed E-state index contributed by atoms with van der Waals surface area (Å²) in [5, 5.41) is 0.137. The summed E-state index contributed by atoms with van der Waals surface area (Å²) in [6.07, 6.45) is 0.573. The van der Waals surface area contributed by atoms with Crippen LogP contribution in [0.4, 0.5) is 0 Å². The summed E-state index contributed by atoms with van der Waals surface area (Å²) < 4.78 is 6.31. The fraction of sp³-hybridized carbons (Fsp3) is 0.611. The van der Waals surface area contributed by atoms with Crippen molar-refractivity contribution < 1.29 is 9.22 Å². The number of likely N-dealkylation sites (tertiary alicyclic amines) is 1. The topological polar surface area (TPSA) is 29.5 Å². The maximum absolute atomic E-state index is 12.6. The second-order valence-electron chi connectivity index (χ2n) is 7.90. The summed E-state index contributed by atoms with van der Waals surface area (Å²) in [7, 11) is -1.89. The highest BCUT2D eigenvalue weighted by Crippen LogP contribution is 2.38. The molecule has 22 heavy (non-hydrogen) atoms. The lowest BCUT2D eigenvalue weighted by Crippen LogP contribution is -2.46. The Hall–Kier alpha value is -1.13. The zero-order valence-electron chi connectivity index (χ0n) is 14.8. The van der Waals surface area contributed by atoms with E-state index in [2.05, 4.69) is 65.1 Å². The number of amides is 1. The zero-order chi connectivity index (χ0) is 16.5. The molecule has 0 aliphatic carbocycles. The van der Waals surface area contributed by atoms with Crippen molar-refractivity contribution in [3.8, 4) is 0 Å². The Bertz CT molecular complexity index is 531. The highest BCUT2D eigenvalue weighted by molar-refractivity contribution is 6.74. The molecule has 1 amide bonds. The van der Waals surface area contributed by atoms with Gasteiger partial charge in [-0.05, 0) is 37.0 Å². The molecule has 0 unspecified atom stereocenters. The number of carbonyl (C=O) groups excluding carboxylic acids is 1. The van der Waals surface area contributed by atoms with Crippen molar-refractivity contribution in [3.05, 3.63) is 35.4 Å². The maximum atomic E-state index is 12.6. The lowest BCUT2D eigenvalue weighted by atomic mass is 10.1. The molecule has 0 bridgehead atoms. The van der Waals surface area contributed by atoms with E-state index in [1.165, 1.54) is 11.1 Å². The Morgan fingerprint density at radius 2 is 1.82 bits per heavy atom. The van der Waals surface area contributed by atoms with Crippen molar-refractivity contribution >= 4 is 14.2 Å². The Balaban J connectivity index is 1.99. The van der Waals surface area contributed by atoms with E-state index < -0.39 is 8.32 Å². The Labute approximate surface area is 135 Å². The summed E-state index contributed by atoms with van der Waals surface area (Å²) in [5.41, 5.74) is 2.43. The van der Waals surface area contributed by atoms with E-state index in [0.29, 0.717) is 6.54 Å².